The first-order valence-electron chi connectivity index (χ1n) is 9.50. The average molecular weight is 414 g/mol. The number of benzene rings is 2. The minimum atomic E-state index is -2.91. The van der Waals surface area contributed by atoms with Crippen LogP contribution in [0.2, 0.25) is 0 Å². The van der Waals surface area contributed by atoms with Crippen molar-refractivity contribution in [2.24, 2.45) is 0 Å². The Kier molecular flexibility index (Phi) is 5.85. The van der Waals surface area contributed by atoms with Gasteiger partial charge in [0.15, 0.2) is 0 Å². The number of para-hydroxylation sites is 2. The molecule has 1 fully saturated rings. The zero-order valence-corrected chi connectivity index (χ0v) is 16.4. The van der Waals surface area contributed by atoms with Gasteiger partial charge in [0, 0.05) is 18.2 Å². The highest BCUT2D eigenvalue weighted by Gasteiger charge is 2.29. The van der Waals surface area contributed by atoms with E-state index in [4.69, 9.17) is 4.98 Å². The number of thiazole rings is 1. The smallest absolute Gasteiger partial charge is 0.387 e. The zero-order chi connectivity index (χ0) is 20.2. The Morgan fingerprint density at radius 2 is 1.97 bits per heavy atom. The van der Waals surface area contributed by atoms with Gasteiger partial charge in [-0.2, -0.15) is 8.78 Å². The molecular weight excluding hydrogens is 394 g/mol. The number of likely N-dealkylation sites (tertiary alicyclic amines) is 1. The number of carbonyl (C=O) groups excluding carboxylic acids is 1. The summed E-state index contributed by atoms with van der Waals surface area (Å²) >= 11 is 1.62. The molecule has 2 aromatic carbocycles. The van der Waals surface area contributed by atoms with E-state index in [1.165, 1.54) is 18.2 Å². The van der Waals surface area contributed by atoms with Crippen LogP contribution in [0.3, 0.4) is 0 Å². The number of hydrogen-bond donors (Lipinski definition) is 0. The van der Waals surface area contributed by atoms with Crippen molar-refractivity contribution in [2.45, 2.75) is 31.9 Å². The Morgan fingerprint density at radius 1 is 1.17 bits per heavy atom. The lowest BCUT2D eigenvalue weighted by Crippen LogP contribution is -2.37. The van der Waals surface area contributed by atoms with E-state index in [1.54, 1.807) is 29.5 Å². The van der Waals surface area contributed by atoms with Crippen LogP contribution < -0.4 is 4.74 Å². The summed E-state index contributed by atoms with van der Waals surface area (Å²) in [6, 6.07) is 14.3. The number of hydrogen-bond acceptors (Lipinski definition) is 4. The largest absolute Gasteiger partial charge is 0.434 e. The Bertz CT molecular complexity index is 1000. The number of amides is 1. The van der Waals surface area contributed by atoms with Crippen molar-refractivity contribution < 1.29 is 18.3 Å². The van der Waals surface area contributed by atoms with Crippen molar-refractivity contribution in [3.63, 3.8) is 0 Å². The number of aromatic nitrogens is 1. The van der Waals surface area contributed by atoms with Crippen LogP contribution in [0, 0.1) is 0 Å². The van der Waals surface area contributed by atoms with E-state index in [2.05, 4.69) is 4.74 Å². The lowest BCUT2D eigenvalue weighted by atomic mass is 10.0. The molecule has 1 unspecified atom stereocenters. The van der Waals surface area contributed by atoms with E-state index in [9.17, 15) is 13.6 Å². The molecule has 0 radical (unpaired) electrons. The highest BCUT2D eigenvalue weighted by atomic mass is 32.1. The van der Waals surface area contributed by atoms with Crippen LogP contribution >= 0.6 is 11.3 Å². The highest BCUT2D eigenvalue weighted by Crippen LogP contribution is 2.36. The molecule has 0 bridgehead atoms. The fourth-order valence-corrected chi connectivity index (χ4v) is 4.68. The first-order chi connectivity index (χ1) is 14.1. The van der Waals surface area contributed by atoms with Gasteiger partial charge in [0.2, 0.25) is 5.91 Å². The number of carbonyl (C=O) groups is 1. The number of halogens is 2. The maximum atomic E-state index is 12.9. The van der Waals surface area contributed by atoms with Crippen LogP contribution in [0.4, 0.5) is 8.78 Å². The molecule has 0 N–H and O–H groups in total. The fourth-order valence-electron chi connectivity index (χ4n) is 3.56. The number of rotatable bonds is 5. The summed E-state index contributed by atoms with van der Waals surface area (Å²) < 4.78 is 30.8. The molecule has 1 saturated heterocycles. The summed E-state index contributed by atoms with van der Waals surface area (Å²) in [5.41, 5.74) is 1.38. The van der Waals surface area contributed by atoms with Crippen LogP contribution in [0.1, 0.15) is 35.9 Å². The molecule has 1 aromatic heterocycles. The van der Waals surface area contributed by atoms with Crippen molar-refractivity contribution in [3.8, 4) is 5.75 Å². The maximum Gasteiger partial charge on any atom is 0.387 e. The lowest BCUT2D eigenvalue weighted by molar-refractivity contribution is -0.129. The molecular formula is C22H20F2N2O2S. The van der Waals surface area contributed by atoms with Gasteiger partial charge in [-0.25, -0.2) is 4.98 Å². The van der Waals surface area contributed by atoms with Gasteiger partial charge in [-0.15, -0.1) is 11.3 Å². The monoisotopic (exact) mass is 414 g/mol. The van der Waals surface area contributed by atoms with E-state index in [-0.39, 0.29) is 17.7 Å². The zero-order valence-electron chi connectivity index (χ0n) is 15.6. The van der Waals surface area contributed by atoms with Gasteiger partial charge in [0.05, 0.1) is 16.3 Å². The number of ether oxygens (including phenoxy) is 1. The maximum absolute atomic E-state index is 12.9. The number of piperidine rings is 1. The fraction of sp³-hybridized carbons (Fsp3) is 0.273. The molecule has 150 valence electrons. The van der Waals surface area contributed by atoms with Gasteiger partial charge < -0.3 is 9.64 Å². The van der Waals surface area contributed by atoms with Crippen LogP contribution in [-0.2, 0) is 4.79 Å². The van der Waals surface area contributed by atoms with Crippen molar-refractivity contribution in [1.29, 1.82) is 0 Å². The van der Waals surface area contributed by atoms with Crippen LogP contribution in [0.15, 0.2) is 54.6 Å². The summed E-state index contributed by atoms with van der Waals surface area (Å²) in [4.78, 5) is 19.5. The normalized spacial score (nSPS) is 17.3. The molecule has 3 aromatic rings. The predicted octanol–water partition coefficient (Wildman–Crippen LogP) is 5.66. The van der Waals surface area contributed by atoms with Crippen LogP contribution in [-0.4, -0.2) is 28.9 Å². The molecule has 0 spiro atoms. The summed E-state index contributed by atoms with van der Waals surface area (Å²) in [5, 5.41) is 0.939. The molecule has 7 heteroatoms. The third kappa shape index (κ3) is 4.45. The first kappa shape index (κ1) is 19.5. The second-order valence-electron chi connectivity index (χ2n) is 6.81. The number of fused-ring (bicyclic) bond motifs is 1. The molecule has 2 heterocycles. The minimum Gasteiger partial charge on any atom is -0.434 e. The van der Waals surface area contributed by atoms with Gasteiger partial charge in [0.25, 0.3) is 0 Å². The first-order valence-corrected chi connectivity index (χ1v) is 10.3. The Labute approximate surface area is 171 Å². The van der Waals surface area contributed by atoms with E-state index in [0.717, 1.165) is 34.5 Å². The van der Waals surface area contributed by atoms with Gasteiger partial charge in [-0.3, -0.25) is 4.79 Å². The molecule has 4 nitrogen and oxygen atoms in total. The predicted molar refractivity (Wildman–Crippen MR) is 110 cm³/mol. The van der Waals surface area contributed by atoms with Gasteiger partial charge in [-0.1, -0.05) is 30.3 Å². The highest BCUT2D eigenvalue weighted by molar-refractivity contribution is 7.18. The summed E-state index contributed by atoms with van der Waals surface area (Å²) in [5.74, 6) is -0.103. The second-order valence-corrected chi connectivity index (χ2v) is 7.87. The molecule has 0 aliphatic carbocycles. The SMILES string of the molecule is O=C(/C=C/c1ccccc1OC(F)F)N1CCCCC1c1nc2ccccc2s1. The molecule has 1 amide bonds. The average Bonchev–Trinajstić information content (AvgIpc) is 3.16. The van der Waals surface area contributed by atoms with Gasteiger partial charge in [0.1, 0.15) is 10.8 Å². The standard InChI is InChI=1S/C22H20F2N2O2S/c23-22(24)28-18-10-3-1-7-15(18)12-13-20(27)26-14-6-5-9-17(26)21-25-16-8-2-4-11-19(16)29-21/h1-4,7-8,10-13,17,22H,5-6,9,14H2/b13-12+. The van der Waals surface area contributed by atoms with Crippen molar-refractivity contribution in [1.82, 2.24) is 9.88 Å². The molecule has 4 rings (SSSR count). The van der Waals surface area contributed by atoms with Crippen LogP contribution in [0.25, 0.3) is 16.3 Å². The third-order valence-corrected chi connectivity index (χ3v) is 6.06. The summed E-state index contributed by atoms with van der Waals surface area (Å²) in [6.07, 6.45) is 5.80. The third-order valence-electron chi connectivity index (χ3n) is 4.92. The van der Waals surface area contributed by atoms with E-state index < -0.39 is 6.61 Å². The van der Waals surface area contributed by atoms with E-state index in [0.29, 0.717) is 12.1 Å². The number of alkyl halides is 2. The Balaban J connectivity index is 1.56. The van der Waals surface area contributed by atoms with Crippen molar-refractivity contribution >= 4 is 33.5 Å². The van der Waals surface area contributed by atoms with Crippen molar-refractivity contribution in [3.05, 3.63) is 65.2 Å². The topological polar surface area (TPSA) is 42.4 Å². The van der Waals surface area contributed by atoms with Gasteiger partial charge >= 0.3 is 6.61 Å². The lowest BCUT2D eigenvalue weighted by Gasteiger charge is -2.33. The van der Waals surface area contributed by atoms with Gasteiger partial charge in [-0.05, 0) is 43.5 Å². The molecule has 1 atom stereocenters. The number of nitrogens with zero attached hydrogens (tertiary/aromatic N) is 2. The molecule has 29 heavy (non-hydrogen) atoms. The Hall–Kier alpha value is -2.80. The van der Waals surface area contributed by atoms with Crippen molar-refractivity contribution in [2.75, 3.05) is 6.54 Å². The van der Waals surface area contributed by atoms with Crippen LogP contribution in [0.5, 0.6) is 5.75 Å². The van der Waals surface area contributed by atoms with E-state index >= 15 is 0 Å². The quantitative estimate of drug-likeness (QED) is 0.506. The van der Waals surface area contributed by atoms with E-state index in [1.807, 2.05) is 29.2 Å². The molecule has 1 aliphatic heterocycles. The Morgan fingerprint density at radius 3 is 2.79 bits per heavy atom. The molecule has 0 saturated carbocycles. The minimum absolute atomic E-state index is 0.0490. The molecule has 1 aliphatic rings. The summed E-state index contributed by atoms with van der Waals surface area (Å²) in [7, 11) is 0. The summed E-state index contributed by atoms with van der Waals surface area (Å²) in [6.45, 7) is -2.26. The second kappa shape index (κ2) is 8.69.